The Morgan fingerprint density at radius 3 is 2.64 bits per heavy atom. The molecule has 144 valence electrons. The van der Waals surface area contributed by atoms with Crippen molar-refractivity contribution in [3.05, 3.63) is 76.1 Å². The van der Waals surface area contributed by atoms with Crippen LogP contribution in [0.5, 0.6) is 5.75 Å². The Morgan fingerprint density at radius 2 is 1.93 bits per heavy atom. The normalized spacial score (nSPS) is 14.6. The van der Waals surface area contributed by atoms with Gasteiger partial charge in [0.25, 0.3) is 5.56 Å². The van der Waals surface area contributed by atoms with Crippen LogP contribution in [-0.4, -0.2) is 18.0 Å². The second kappa shape index (κ2) is 7.89. The van der Waals surface area contributed by atoms with Crippen LogP contribution in [0.2, 0.25) is 0 Å². The lowest BCUT2D eigenvalue weighted by Crippen LogP contribution is -2.28. The number of carbonyl (C=O) groups is 1. The summed E-state index contributed by atoms with van der Waals surface area (Å²) in [6, 6.07) is 17.4. The van der Waals surface area contributed by atoms with E-state index in [1.54, 1.807) is 7.11 Å². The molecule has 0 saturated heterocycles. The molecule has 1 aliphatic carbocycles. The second-order valence-electron chi connectivity index (χ2n) is 7.41. The van der Waals surface area contributed by atoms with E-state index in [9.17, 15) is 9.59 Å². The highest BCUT2D eigenvalue weighted by molar-refractivity contribution is 5.79. The minimum atomic E-state index is -0.159. The molecule has 0 radical (unpaired) electrons. The number of benzene rings is 2. The van der Waals surface area contributed by atoms with E-state index < -0.39 is 0 Å². The molecule has 28 heavy (non-hydrogen) atoms. The van der Waals surface area contributed by atoms with E-state index in [1.165, 1.54) is 5.56 Å². The highest BCUT2D eigenvalue weighted by atomic mass is 16.5. The van der Waals surface area contributed by atoms with Gasteiger partial charge in [0.15, 0.2) is 0 Å². The van der Waals surface area contributed by atoms with Crippen LogP contribution in [0.1, 0.15) is 36.3 Å². The molecule has 1 atom stereocenters. The number of hydrogen-bond acceptors (Lipinski definition) is 3. The zero-order valence-corrected chi connectivity index (χ0v) is 15.9. The van der Waals surface area contributed by atoms with E-state index in [0.29, 0.717) is 17.9 Å². The van der Waals surface area contributed by atoms with Crippen molar-refractivity contribution in [3.63, 3.8) is 0 Å². The average Bonchev–Trinajstić information content (AvgIpc) is 3.56. The SMILES string of the molecule is COc1ccc(C(CC(=O)NCc2cc3ccccc3[nH]c2=O)C2CC2)cc1. The van der Waals surface area contributed by atoms with Crippen LogP contribution >= 0.6 is 0 Å². The van der Waals surface area contributed by atoms with E-state index in [-0.39, 0.29) is 23.9 Å². The van der Waals surface area contributed by atoms with Crippen molar-refractivity contribution in [3.8, 4) is 5.75 Å². The maximum atomic E-state index is 12.6. The maximum Gasteiger partial charge on any atom is 0.253 e. The number of nitrogens with one attached hydrogen (secondary N) is 2. The lowest BCUT2D eigenvalue weighted by atomic mass is 9.90. The fourth-order valence-electron chi connectivity index (χ4n) is 3.70. The molecule has 1 amide bonds. The van der Waals surface area contributed by atoms with E-state index in [1.807, 2.05) is 54.6 Å². The Labute approximate surface area is 163 Å². The van der Waals surface area contributed by atoms with Crippen LogP contribution in [0.3, 0.4) is 0 Å². The van der Waals surface area contributed by atoms with Crippen LogP contribution < -0.4 is 15.6 Å². The van der Waals surface area contributed by atoms with Crippen molar-refractivity contribution in [1.82, 2.24) is 10.3 Å². The minimum Gasteiger partial charge on any atom is -0.497 e. The first-order valence-corrected chi connectivity index (χ1v) is 9.65. The summed E-state index contributed by atoms with van der Waals surface area (Å²) >= 11 is 0. The highest BCUT2D eigenvalue weighted by Gasteiger charge is 2.33. The van der Waals surface area contributed by atoms with Crippen LogP contribution in [0.25, 0.3) is 10.9 Å². The number of ether oxygens (including phenoxy) is 1. The molecule has 0 spiro atoms. The first kappa shape index (κ1) is 18.3. The highest BCUT2D eigenvalue weighted by Crippen LogP contribution is 2.44. The number of aromatic amines is 1. The number of methoxy groups -OCH3 is 1. The number of carbonyl (C=O) groups excluding carboxylic acids is 1. The molecule has 4 rings (SSSR count). The topological polar surface area (TPSA) is 71.2 Å². The fraction of sp³-hybridized carbons (Fsp3) is 0.304. The van der Waals surface area contributed by atoms with Gasteiger partial charge in [-0.05, 0) is 59.9 Å². The second-order valence-corrected chi connectivity index (χ2v) is 7.41. The first-order valence-electron chi connectivity index (χ1n) is 9.65. The predicted molar refractivity (Wildman–Crippen MR) is 109 cm³/mol. The minimum absolute atomic E-state index is 0.0275. The number of pyridine rings is 1. The van der Waals surface area contributed by atoms with Crippen LogP contribution in [0.4, 0.5) is 0 Å². The van der Waals surface area contributed by atoms with Crippen LogP contribution in [0.15, 0.2) is 59.4 Å². The van der Waals surface area contributed by atoms with Gasteiger partial charge in [0.1, 0.15) is 5.75 Å². The Hall–Kier alpha value is -3.08. The summed E-state index contributed by atoms with van der Waals surface area (Å²) in [6.45, 7) is 0.235. The Kier molecular flexibility index (Phi) is 5.15. The standard InChI is InChI=1S/C23H24N2O3/c1-28-19-10-8-16(9-11-19)20(15-6-7-15)13-22(26)24-14-18-12-17-4-2-3-5-21(17)25-23(18)27/h2-5,8-12,15,20H,6-7,13-14H2,1H3,(H,24,26)(H,25,27). The molecule has 1 fully saturated rings. The van der Waals surface area contributed by atoms with Crippen molar-refractivity contribution in [1.29, 1.82) is 0 Å². The number of fused-ring (bicyclic) bond motifs is 1. The number of para-hydroxylation sites is 1. The summed E-state index contributed by atoms with van der Waals surface area (Å²) < 4.78 is 5.22. The molecule has 1 saturated carbocycles. The monoisotopic (exact) mass is 376 g/mol. The zero-order valence-electron chi connectivity index (χ0n) is 15.9. The molecular formula is C23H24N2O3. The summed E-state index contributed by atoms with van der Waals surface area (Å²) in [5, 5.41) is 3.89. The molecule has 2 N–H and O–H groups in total. The molecule has 5 heteroatoms. The number of amides is 1. The molecule has 1 aliphatic rings. The Bertz CT molecular complexity index is 1040. The summed E-state index contributed by atoms with van der Waals surface area (Å²) in [7, 11) is 1.65. The zero-order chi connectivity index (χ0) is 19.5. The first-order chi connectivity index (χ1) is 13.6. The van der Waals surface area contributed by atoms with Crippen molar-refractivity contribution in [2.24, 2.45) is 5.92 Å². The molecule has 1 unspecified atom stereocenters. The third-order valence-corrected chi connectivity index (χ3v) is 5.45. The van der Waals surface area contributed by atoms with Crippen molar-refractivity contribution in [2.45, 2.75) is 31.7 Å². The van der Waals surface area contributed by atoms with Gasteiger partial charge in [-0.1, -0.05) is 30.3 Å². The third kappa shape index (κ3) is 4.09. The molecule has 3 aromatic rings. The van der Waals surface area contributed by atoms with Gasteiger partial charge in [0, 0.05) is 24.0 Å². The summed E-state index contributed by atoms with van der Waals surface area (Å²) in [6.07, 6.45) is 2.76. The van der Waals surface area contributed by atoms with E-state index in [4.69, 9.17) is 4.74 Å². The maximum absolute atomic E-state index is 12.6. The smallest absolute Gasteiger partial charge is 0.253 e. The lowest BCUT2D eigenvalue weighted by Gasteiger charge is -2.17. The number of H-pyrrole nitrogens is 1. The van der Waals surface area contributed by atoms with Gasteiger partial charge in [0.2, 0.25) is 5.91 Å². The van der Waals surface area contributed by atoms with Gasteiger partial charge < -0.3 is 15.0 Å². The molecule has 5 nitrogen and oxygen atoms in total. The summed E-state index contributed by atoms with van der Waals surface area (Å²) in [5.74, 6) is 1.56. The van der Waals surface area contributed by atoms with Crippen molar-refractivity contribution < 1.29 is 9.53 Å². The van der Waals surface area contributed by atoms with E-state index >= 15 is 0 Å². The Morgan fingerprint density at radius 1 is 1.18 bits per heavy atom. The van der Waals surface area contributed by atoms with Gasteiger partial charge >= 0.3 is 0 Å². The fourth-order valence-corrected chi connectivity index (χ4v) is 3.70. The van der Waals surface area contributed by atoms with E-state index in [0.717, 1.165) is 29.5 Å². The van der Waals surface area contributed by atoms with Crippen molar-refractivity contribution in [2.75, 3.05) is 7.11 Å². The number of hydrogen-bond donors (Lipinski definition) is 2. The molecule has 1 aromatic heterocycles. The van der Waals surface area contributed by atoms with Gasteiger partial charge in [0.05, 0.1) is 7.11 Å². The van der Waals surface area contributed by atoms with Gasteiger partial charge in [-0.25, -0.2) is 0 Å². The van der Waals surface area contributed by atoms with Crippen LogP contribution in [-0.2, 0) is 11.3 Å². The van der Waals surface area contributed by atoms with Gasteiger partial charge in [-0.15, -0.1) is 0 Å². The average molecular weight is 376 g/mol. The Balaban J connectivity index is 1.43. The number of rotatable bonds is 7. The quantitative estimate of drug-likeness (QED) is 0.660. The van der Waals surface area contributed by atoms with Gasteiger partial charge in [-0.3, -0.25) is 9.59 Å². The lowest BCUT2D eigenvalue weighted by molar-refractivity contribution is -0.121. The molecule has 2 aromatic carbocycles. The molecule has 0 aliphatic heterocycles. The number of aromatic nitrogens is 1. The largest absolute Gasteiger partial charge is 0.497 e. The summed E-state index contributed by atoms with van der Waals surface area (Å²) in [4.78, 5) is 27.7. The van der Waals surface area contributed by atoms with Crippen molar-refractivity contribution >= 4 is 16.8 Å². The molecular weight excluding hydrogens is 352 g/mol. The third-order valence-electron chi connectivity index (χ3n) is 5.45. The predicted octanol–water partition coefficient (Wildman–Crippen LogP) is 3.74. The van der Waals surface area contributed by atoms with Gasteiger partial charge in [-0.2, -0.15) is 0 Å². The van der Waals surface area contributed by atoms with E-state index in [2.05, 4.69) is 10.3 Å². The molecule has 1 heterocycles. The van der Waals surface area contributed by atoms with Crippen LogP contribution in [0, 0.1) is 5.92 Å². The molecule has 0 bridgehead atoms. The summed E-state index contributed by atoms with van der Waals surface area (Å²) in [5.41, 5.74) is 2.38.